The van der Waals surface area contributed by atoms with Crippen molar-refractivity contribution < 1.29 is 9.59 Å². The van der Waals surface area contributed by atoms with Gasteiger partial charge in [0.2, 0.25) is 11.8 Å². The number of carbonyl (C=O) groups excluding carboxylic acids is 2. The molecule has 0 N–H and O–H groups in total. The third-order valence-corrected chi connectivity index (χ3v) is 5.36. The molecular formula is C16H18Cl2N2O2. The zero-order chi connectivity index (χ0) is 15.9. The summed E-state index contributed by atoms with van der Waals surface area (Å²) in [7, 11) is 0. The molecule has 6 heteroatoms. The van der Waals surface area contributed by atoms with E-state index in [2.05, 4.69) is 0 Å². The van der Waals surface area contributed by atoms with Crippen molar-refractivity contribution in [1.82, 2.24) is 9.80 Å². The van der Waals surface area contributed by atoms with E-state index in [0.29, 0.717) is 36.2 Å². The zero-order valence-corrected chi connectivity index (χ0v) is 13.9. The Kier molecular flexibility index (Phi) is 4.33. The predicted molar refractivity (Wildman–Crippen MR) is 86.1 cm³/mol. The molecule has 1 aromatic carbocycles. The Morgan fingerprint density at radius 2 is 1.73 bits per heavy atom. The lowest BCUT2D eigenvalue weighted by molar-refractivity contribution is -0.139. The van der Waals surface area contributed by atoms with Gasteiger partial charge in [0.15, 0.2) is 0 Å². The third kappa shape index (κ3) is 2.95. The maximum absolute atomic E-state index is 12.6. The van der Waals surface area contributed by atoms with Gasteiger partial charge < -0.3 is 9.80 Å². The minimum atomic E-state index is -0.000144. The van der Waals surface area contributed by atoms with E-state index in [4.69, 9.17) is 23.2 Å². The summed E-state index contributed by atoms with van der Waals surface area (Å²) in [6.45, 7) is 4.04. The van der Waals surface area contributed by atoms with Crippen LogP contribution in [0.2, 0.25) is 10.0 Å². The number of piperazine rings is 1. The lowest BCUT2D eigenvalue weighted by Gasteiger charge is -2.34. The summed E-state index contributed by atoms with van der Waals surface area (Å²) in [6, 6.07) is 5.57. The number of rotatable bonds is 2. The monoisotopic (exact) mass is 340 g/mol. The number of hydrogen-bond acceptors (Lipinski definition) is 2. The van der Waals surface area contributed by atoms with Gasteiger partial charge in [-0.1, -0.05) is 35.3 Å². The second-order valence-corrected chi connectivity index (χ2v) is 6.71. The average molecular weight is 341 g/mol. The van der Waals surface area contributed by atoms with E-state index in [9.17, 15) is 9.59 Å². The average Bonchev–Trinajstić information content (AvgIpc) is 3.30. The van der Waals surface area contributed by atoms with Crippen molar-refractivity contribution >= 4 is 35.0 Å². The first kappa shape index (κ1) is 15.6. The van der Waals surface area contributed by atoms with Crippen molar-refractivity contribution in [2.75, 3.05) is 26.2 Å². The largest absolute Gasteiger partial charge is 0.339 e. The first-order valence-corrected chi connectivity index (χ1v) is 8.23. The molecular weight excluding hydrogens is 323 g/mol. The van der Waals surface area contributed by atoms with Crippen LogP contribution in [0.1, 0.15) is 24.8 Å². The van der Waals surface area contributed by atoms with Crippen LogP contribution in [0.4, 0.5) is 0 Å². The second-order valence-electron chi connectivity index (χ2n) is 5.92. The zero-order valence-electron chi connectivity index (χ0n) is 12.4. The summed E-state index contributed by atoms with van der Waals surface area (Å²) in [5.74, 6) is 0.413. The summed E-state index contributed by atoms with van der Waals surface area (Å²) in [5.41, 5.74) is 0.967. The van der Waals surface area contributed by atoms with E-state index in [1.807, 2.05) is 17.0 Å². The van der Waals surface area contributed by atoms with Crippen LogP contribution in [-0.2, 0) is 9.59 Å². The second kappa shape index (κ2) is 6.09. The molecule has 22 heavy (non-hydrogen) atoms. The molecule has 2 aliphatic rings. The molecule has 4 nitrogen and oxygen atoms in total. The molecule has 0 bridgehead atoms. The van der Waals surface area contributed by atoms with Crippen LogP contribution in [0.25, 0.3) is 0 Å². The molecule has 1 saturated heterocycles. The molecule has 1 aromatic rings. The molecule has 1 saturated carbocycles. The van der Waals surface area contributed by atoms with Crippen LogP contribution in [0.5, 0.6) is 0 Å². The molecule has 0 aromatic heterocycles. The Bertz CT molecular complexity index is 612. The highest BCUT2D eigenvalue weighted by Crippen LogP contribution is 2.51. The van der Waals surface area contributed by atoms with Crippen LogP contribution in [0.3, 0.4) is 0 Å². The van der Waals surface area contributed by atoms with Gasteiger partial charge in [-0.15, -0.1) is 0 Å². The van der Waals surface area contributed by atoms with Gasteiger partial charge >= 0.3 is 0 Å². The fourth-order valence-corrected chi connectivity index (χ4v) is 3.54. The molecule has 3 rings (SSSR count). The van der Waals surface area contributed by atoms with Crippen LogP contribution in [-0.4, -0.2) is 47.8 Å². The number of halogens is 2. The topological polar surface area (TPSA) is 40.6 Å². The van der Waals surface area contributed by atoms with Gasteiger partial charge in [0.1, 0.15) is 0 Å². The molecule has 0 spiro atoms. The van der Waals surface area contributed by atoms with Crippen molar-refractivity contribution in [3.63, 3.8) is 0 Å². The quantitative estimate of drug-likeness (QED) is 0.830. The Hall–Kier alpha value is -1.26. The smallest absolute Gasteiger partial charge is 0.226 e. The summed E-state index contributed by atoms with van der Waals surface area (Å²) in [4.78, 5) is 27.5. The third-order valence-electron chi connectivity index (χ3n) is 4.53. The van der Waals surface area contributed by atoms with Gasteiger partial charge in [-0.05, 0) is 24.0 Å². The van der Waals surface area contributed by atoms with Crippen LogP contribution in [0, 0.1) is 5.92 Å². The minimum Gasteiger partial charge on any atom is -0.339 e. The maximum Gasteiger partial charge on any atom is 0.226 e. The Morgan fingerprint density at radius 3 is 2.36 bits per heavy atom. The molecule has 118 valence electrons. The van der Waals surface area contributed by atoms with Crippen molar-refractivity contribution in [3.8, 4) is 0 Å². The number of nitrogens with zero attached hydrogens (tertiary/aromatic N) is 2. The van der Waals surface area contributed by atoms with Crippen LogP contribution >= 0.6 is 23.2 Å². The number of carbonyl (C=O) groups is 2. The van der Waals surface area contributed by atoms with Crippen molar-refractivity contribution in [2.45, 2.75) is 19.3 Å². The number of hydrogen-bond donors (Lipinski definition) is 0. The first-order chi connectivity index (χ1) is 10.5. The maximum atomic E-state index is 12.6. The van der Waals surface area contributed by atoms with Crippen molar-refractivity contribution in [1.29, 1.82) is 0 Å². The van der Waals surface area contributed by atoms with Gasteiger partial charge in [-0.25, -0.2) is 0 Å². The van der Waals surface area contributed by atoms with Gasteiger partial charge in [0.25, 0.3) is 0 Å². The minimum absolute atomic E-state index is 0.000144. The SMILES string of the molecule is CC(=O)N1CCN(C(=O)[C@@H]2C[C@H]2c2cccc(Cl)c2Cl)CC1. The van der Waals surface area contributed by atoms with Crippen molar-refractivity contribution in [3.05, 3.63) is 33.8 Å². The van der Waals surface area contributed by atoms with Gasteiger partial charge in [-0.3, -0.25) is 9.59 Å². The fraction of sp³-hybridized carbons (Fsp3) is 0.500. The van der Waals surface area contributed by atoms with E-state index >= 15 is 0 Å². The molecule has 2 atom stereocenters. The molecule has 2 amide bonds. The van der Waals surface area contributed by atoms with Crippen LogP contribution < -0.4 is 0 Å². The number of amides is 2. The Labute approximate surface area is 140 Å². The molecule has 1 heterocycles. The van der Waals surface area contributed by atoms with Crippen LogP contribution in [0.15, 0.2) is 18.2 Å². The molecule has 1 aliphatic heterocycles. The molecule has 2 fully saturated rings. The van der Waals surface area contributed by atoms with Gasteiger partial charge in [0, 0.05) is 39.0 Å². The van der Waals surface area contributed by atoms with E-state index in [1.54, 1.807) is 17.9 Å². The summed E-state index contributed by atoms with van der Waals surface area (Å²) >= 11 is 12.3. The van der Waals surface area contributed by atoms with Gasteiger partial charge in [0.05, 0.1) is 10.0 Å². The number of benzene rings is 1. The molecule has 1 aliphatic carbocycles. The van der Waals surface area contributed by atoms with E-state index < -0.39 is 0 Å². The van der Waals surface area contributed by atoms with Gasteiger partial charge in [-0.2, -0.15) is 0 Å². The summed E-state index contributed by atoms with van der Waals surface area (Å²) < 4.78 is 0. The van der Waals surface area contributed by atoms with Crippen molar-refractivity contribution in [2.24, 2.45) is 5.92 Å². The standard InChI is InChI=1S/C16H18Cl2N2O2/c1-10(21)19-5-7-20(8-6-19)16(22)13-9-12(13)11-3-2-4-14(17)15(11)18/h2-4,12-13H,5-9H2,1H3/t12-,13+/m0/s1. The predicted octanol–water partition coefficient (Wildman–Crippen LogP) is 2.79. The molecule has 0 unspecified atom stereocenters. The molecule has 0 radical (unpaired) electrons. The van der Waals surface area contributed by atoms with E-state index in [1.165, 1.54) is 0 Å². The fourth-order valence-electron chi connectivity index (χ4n) is 3.09. The first-order valence-electron chi connectivity index (χ1n) is 7.47. The Morgan fingerprint density at radius 1 is 1.09 bits per heavy atom. The summed E-state index contributed by atoms with van der Waals surface area (Å²) in [5, 5.41) is 1.10. The summed E-state index contributed by atoms with van der Waals surface area (Å²) in [6.07, 6.45) is 0.825. The highest BCUT2D eigenvalue weighted by Gasteiger charge is 2.47. The normalized spacial score (nSPS) is 24.3. The lowest BCUT2D eigenvalue weighted by atomic mass is 10.1. The Balaban J connectivity index is 1.62. The highest BCUT2D eigenvalue weighted by atomic mass is 35.5. The lowest BCUT2D eigenvalue weighted by Crippen LogP contribution is -2.50. The van der Waals surface area contributed by atoms with E-state index in [-0.39, 0.29) is 23.7 Å². The highest BCUT2D eigenvalue weighted by molar-refractivity contribution is 6.42. The van der Waals surface area contributed by atoms with E-state index in [0.717, 1.165) is 12.0 Å².